The summed E-state index contributed by atoms with van der Waals surface area (Å²) in [6.45, 7) is 7.25. The van der Waals surface area contributed by atoms with Crippen LogP contribution in [0.25, 0.3) is 0 Å². The lowest BCUT2D eigenvalue weighted by atomic mass is 9.96. The predicted octanol–water partition coefficient (Wildman–Crippen LogP) is 1.62. The first-order chi connectivity index (χ1) is 10.7. The first kappa shape index (κ1) is 17.9. The lowest BCUT2D eigenvalue weighted by Gasteiger charge is -2.38. The van der Waals surface area contributed by atoms with Crippen LogP contribution in [-0.4, -0.2) is 57.2 Å². The Bertz CT molecular complexity index is 532. The molecule has 2 heterocycles. The average molecular weight is 340 g/mol. The van der Waals surface area contributed by atoms with E-state index >= 15 is 0 Å². The van der Waals surface area contributed by atoms with Crippen molar-refractivity contribution in [2.45, 2.75) is 6.92 Å². The molecule has 5 nitrogen and oxygen atoms in total. The van der Waals surface area contributed by atoms with Gasteiger partial charge < -0.3 is 19.9 Å². The molecule has 0 unspecified atom stereocenters. The molecule has 0 aromatic heterocycles. The summed E-state index contributed by atoms with van der Waals surface area (Å²) in [7, 11) is 1.70. The Morgan fingerprint density at radius 3 is 2.48 bits per heavy atom. The average Bonchev–Trinajstić information content (AvgIpc) is 3.00. The van der Waals surface area contributed by atoms with Gasteiger partial charge in [-0.25, -0.2) is 0 Å². The number of rotatable bonds is 3. The van der Waals surface area contributed by atoms with E-state index in [2.05, 4.69) is 23.2 Å². The predicted molar refractivity (Wildman–Crippen MR) is 94.6 cm³/mol. The molecule has 2 aliphatic heterocycles. The van der Waals surface area contributed by atoms with E-state index in [1.807, 2.05) is 23.1 Å². The van der Waals surface area contributed by atoms with Gasteiger partial charge in [-0.2, -0.15) is 0 Å². The summed E-state index contributed by atoms with van der Waals surface area (Å²) in [6.07, 6.45) is 0. The molecular weight excluding hydrogens is 314 g/mol. The third-order valence-corrected chi connectivity index (χ3v) is 4.85. The van der Waals surface area contributed by atoms with Gasteiger partial charge in [0.15, 0.2) is 0 Å². The second kappa shape index (κ2) is 7.88. The van der Waals surface area contributed by atoms with Gasteiger partial charge in [0.25, 0.3) is 0 Å². The van der Waals surface area contributed by atoms with Crippen LogP contribution in [-0.2, 0) is 4.79 Å². The van der Waals surface area contributed by atoms with Gasteiger partial charge in [0.1, 0.15) is 5.75 Å². The fourth-order valence-electron chi connectivity index (χ4n) is 3.43. The highest BCUT2D eigenvalue weighted by molar-refractivity contribution is 5.85. The number of piperazine rings is 1. The summed E-state index contributed by atoms with van der Waals surface area (Å²) in [5.41, 5.74) is 1.12. The summed E-state index contributed by atoms with van der Waals surface area (Å²) in [5, 5.41) is 3.32. The zero-order chi connectivity index (χ0) is 15.5. The molecule has 0 aliphatic carbocycles. The molecular formula is C17H26ClN3O2. The number of methoxy groups -OCH3 is 1. The molecule has 0 bridgehead atoms. The molecule has 1 N–H and O–H groups in total. The number of carbonyl (C=O) groups excluding carboxylic acids is 1. The number of para-hydroxylation sites is 2. The van der Waals surface area contributed by atoms with E-state index in [0.717, 1.165) is 50.7 Å². The summed E-state index contributed by atoms with van der Waals surface area (Å²) in [6, 6.07) is 8.08. The third-order valence-electron chi connectivity index (χ3n) is 4.85. The molecule has 3 rings (SSSR count). The lowest BCUT2D eigenvalue weighted by Crippen LogP contribution is -2.51. The smallest absolute Gasteiger partial charge is 0.227 e. The summed E-state index contributed by atoms with van der Waals surface area (Å²) in [5.74, 6) is 1.81. The standard InChI is InChI=1S/C17H25N3O2.ClH/c1-13-11-18-12-14(13)17(21)20-9-7-19(8-10-20)15-5-3-4-6-16(15)22-2;/h3-6,13-14,18H,7-12H2,1-2H3;1H/t13-,14-;/m1./s1. The molecule has 0 spiro atoms. The number of amides is 1. The van der Waals surface area contributed by atoms with E-state index in [-0.39, 0.29) is 18.3 Å². The van der Waals surface area contributed by atoms with Crippen LogP contribution >= 0.6 is 12.4 Å². The van der Waals surface area contributed by atoms with Crippen molar-refractivity contribution in [1.82, 2.24) is 10.2 Å². The van der Waals surface area contributed by atoms with Gasteiger partial charge in [0.2, 0.25) is 5.91 Å². The maximum atomic E-state index is 12.6. The maximum absolute atomic E-state index is 12.6. The van der Waals surface area contributed by atoms with E-state index in [4.69, 9.17) is 4.74 Å². The second-order valence-electron chi connectivity index (χ2n) is 6.23. The molecule has 6 heteroatoms. The van der Waals surface area contributed by atoms with E-state index in [0.29, 0.717) is 11.8 Å². The number of carbonyl (C=O) groups is 1. The Kier molecular flexibility index (Phi) is 6.13. The van der Waals surface area contributed by atoms with Gasteiger partial charge >= 0.3 is 0 Å². The molecule has 2 atom stereocenters. The monoisotopic (exact) mass is 339 g/mol. The van der Waals surface area contributed by atoms with Gasteiger partial charge in [0, 0.05) is 32.7 Å². The third kappa shape index (κ3) is 3.72. The van der Waals surface area contributed by atoms with Crippen molar-refractivity contribution in [2.24, 2.45) is 11.8 Å². The summed E-state index contributed by atoms with van der Waals surface area (Å²) in [4.78, 5) is 17.0. The van der Waals surface area contributed by atoms with Gasteiger partial charge in [-0.15, -0.1) is 12.4 Å². The minimum absolute atomic E-state index is 0. The Balaban J connectivity index is 0.00000192. The molecule has 128 valence electrons. The van der Waals surface area contributed by atoms with Crippen LogP contribution in [0.5, 0.6) is 5.75 Å². The topological polar surface area (TPSA) is 44.8 Å². The number of ether oxygens (including phenoxy) is 1. The van der Waals surface area contributed by atoms with Crippen molar-refractivity contribution in [3.63, 3.8) is 0 Å². The van der Waals surface area contributed by atoms with Crippen LogP contribution in [0.15, 0.2) is 24.3 Å². The van der Waals surface area contributed by atoms with Gasteiger partial charge in [-0.05, 0) is 24.6 Å². The van der Waals surface area contributed by atoms with Crippen molar-refractivity contribution in [3.05, 3.63) is 24.3 Å². The Labute approximate surface area is 144 Å². The van der Waals surface area contributed by atoms with Crippen LogP contribution < -0.4 is 15.0 Å². The van der Waals surface area contributed by atoms with Crippen molar-refractivity contribution >= 4 is 24.0 Å². The summed E-state index contributed by atoms with van der Waals surface area (Å²) >= 11 is 0. The first-order valence-corrected chi connectivity index (χ1v) is 8.08. The van der Waals surface area contributed by atoms with Crippen molar-refractivity contribution < 1.29 is 9.53 Å². The van der Waals surface area contributed by atoms with Crippen LogP contribution in [0.2, 0.25) is 0 Å². The molecule has 0 saturated carbocycles. The van der Waals surface area contributed by atoms with Crippen LogP contribution in [0.4, 0.5) is 5.69 Å². The van der Waals surface area contributed by atoms with E-state index < -0.39 is 0 Å². The molecule has 1 amide bonds. The Morgan fingerprint density at radius 1 is 1.17 bits per heavy atom. The fourth-order valence-corrected chi connectivity index (χ4v) is 3.43. The van der Waals surface area contributed by atoms with Gasteiger partial charge in [0.05, 0.1) is 18.7 Å². The van der Waals surface area contributed by atoms with Crippen molar-refractivity contribution in [2.75, 3.05) is 51.3 Å². The van der Waals surface area contributed by atoms with Crippen molar-refractivity contribution in [3.8, 4) is 5.75 Å². The fraction of sp³-hybridized carbons (Fsp3) is 0.588. The molecule has 1 aromatic carbocycles. The van der Waals surface area contributed by atoms with Crippen molar-refractivity contribution in [1.29, 1.82) is 0 Å². The molecule has 2 fully saturated rings. The molecule has 23 heavy (non-hydrogen) atoms. The minimum Gasteiger partial charge on any atom is -0.495 e. The number of nitrogens with zero attached hydrogens (tertiary/aromatic N) is 2. The molecule has 1 aromatic rings. The second-order valence-corrected chi connectivity index (χ2v) is 6.23. The maximum Gasteiger partial charge on any atom is 0.227 e. The highest BCUT2D eigenvalue weighted by atomic mass is 35.5. The van der Waals surface area contributed by atoms with Crippen LogP contribution in [0.3, 0.4) is 0 Å². The van der Waals surface area contributed by atoms with Crippen LogP contribution in [0.1, 0.15) is 6.92 Å². The molecule has 0 radical (unpaired) electrons. The van der Waals surface area contributed by atoms with Gasteiger partial charge in [-0.3, -0.25) is 4.79 Å². The molecule has 2 aliphatic rings. The number of nitrogens with one attached hydrogen (secondary N) is 1. The minimum atomic E-state index is 0. The van der Waals surface area contributed by atoms with E-state index in [1.54, 1.807) is 7.11 Å². The van der Waals surface area contributed by atoms with E-state index in [1.165, 1.54) is 0 Å². The highest BCUT2D eigenvalue weighted by Crippen LogP contribution is 2.29. The number of benzene rings is 1. The summed E-state index contributed by atoms with van der Waals surface area (Å²) < 4.78 is 5.44. The SMILES string of the molecule is COc1ccccc1N1CCN(C(=O)[C@@H]2CNC[C@H]2C)CC1.Cl. The normalized spacial score (nSPS) is 24.3. The molecule has 2 saturated heterocycles. The number of anilines is 1. The van der Waals surface area contributed by atoms with Gasteiger partial charge in [-0.1, -0.05) is 19.1 Å². The Morgan fingerprint density at radius 2 is 1.87 bits per heavy atom. The highest BCUT2D eigenvalue weighted by Gasteiger charge is 2.34. The lowest BCUT2D eigenvalue weighted by molar-refractivity contribution is -0.136. The zero-order valence-electron chi connectivity index (χ0n) is 13.8. The number of hydrogen-bond donors (Lipinski definition) is 1. The first-order valence-electron chi connectivity index (χ1n) is 8.08. The quantitative estimate of drug-likeness (QED) is 0.909. The van der Waals surface area contributed by atoms with Crippen LogP contribution in [0, 0.1) is 11.8 Å². The van der Waals surface area contributed by atoms with E-state index in [9.17, 15) is 4.79 Å². The zero-order valence-corrected chi connectivity index (χ0v) is 14.6. The Hall–Kier alpha value is -1.46. The number of hydrogen-bond acceptors (Lipinski definition) is 4. The largest absolute Gasteiger partial charge is 0.495 e. The number of halogens is 1.